The lowest BCUT2D eigenvalue weighted by molar-refractivity contribution is 0.00323. The highest BCUT2D eigenvalue weighted by Gasteiger charge is 2.22. The van der Waals surface area contributed by atoms with Crippen LogP contribution in [0.15, 0.2) is 12.8 Å². The van der Waals surface area contributed by atoms with Gasteiger partial charge in [0.05, 0.1) is 12.7 Å². The first kappa shape index (κ1) is 7.57. The van der Waals surface area contributed by atoms with Gasteiger partial charge in [-0.15, -0.1) is 0 Å². The van der Waals surface area contributed by atoms with Crippen LogP contribution < -0.4 is 5.32 Å². The van der Waals surface area contributed by atoms with Crippen molar-refractivity contribution in [1.82, 2.24) is 5.32 Å². The minimum absolute atomic E-state index is 0.0254. The molecule has 0 aromatic heterocycles. The third kappa shape index (κ3) is 1.72. The van der Waals surface area contributed by atoms with Gasteiger partial charge in [-0.2, -0.15) is 0 Å². The average molecular weight is 143 g/mol. The lowest BCUT2D eigenvalue weighted by Crippen LogP contribution is -2.24. The summed E-state index contributed by atoms with van der Waals surface area (Å²) >= 11 is 0. The van der Waals surface area contributed by atoms with Crippen molar-refractivity contribution in [3.8, 4) is 0 Å². The summed E-state index contributed by atoms with van der Waals surface area (Å²) in [5, 5.41) is 11.6. The lowest BCUT2D eigenvalue weighted by atomic mass is 10.2. The second-order valence-electron chi connectivity index (χ2n) is 2.38. The topological polar surface area (TPSA) is 41.5 Å². The molecule has 10 heavy (non-hydrogen) atoms. The fourth-order valence-electron chi connectivity index (χ4n) is 1.09. The molecule has 0 aliphatic carbocycles. The molecule has 1 fully saturated rings. The highest BCUT2D eigenvalue weighted by molar-refractivity contribution is 4.75. The van der Waals surface area contributed by atoms with Gasteiger partial charge in [-0.25, -0.2) is 0 Å². The first-order valence-corrected chi connectivity index (χ1v) is 3.50. The van der Waals surface area contributed by atoms with Crippen molar-refractivity contribution in [1.29, 1.82) is 0 Å². The monoisotopic (exact) mass is 143 g/mol. The number of nitrogens with one attached hydrogen (secondary N) is 1. The number of ether oxygens (including phenoxy) is 1. The molecule has 2 unspecified atom stereocenters. The summed E-state index contributed by atoms with van der Waals surface area (Å²) in [7, 11) is 0. The summed E-state index contributed by atoms with van der Waals surface area (Å²) < 4.78 is 5.32. The highest BCUT2D eigenvalue weighted by Crippen LogP contribution is 2.16. The fraction of sp³-hybridized carbons (Fsp3) is 0.714. The molecule has 0 bridgehead atoms. The van der Waals surface area contributed by atoms with Crippen molar-refractivity contribution in [2.75, 3.05) is 6.61 Å². The standard InChI is InChI=1S/C7H13NO2/c1-2-8-7-4-3-6(5-9)10-7/h2,6-9H,1,3-5H2. The van der Waals surface area contributed by atoms with Crippen molar-refractivity contribution < 1.29 is 9.84 Å². The predicted octanol–water partition coefficient (Wildman–Crippen LogP) is 0.217. The van der Waals surface area contributed by atoms with E-state index in [-0.39, 0.29) is 18.9 Å². The summed E-state index contributed by atoms with van der Waals surface area (Å²) in [5.74, 6) is 0. The molecule has 1 rings (SSSR count). The van der Waals surface area contributed by atoms with E-state index in [0.29, 0.717) is 0 Å². The minimum atomic E-state index is 0.0254. The van der Waals surface area contributed by atoms with Crippen molar-refractivity contribution in [2.24, 2.45) is 0 Å². The molecule has 1 saturated heterocycles. The van der Waals surface area contributed by atoms with Gasteiger partial charge in [0.1, 0.15) is 6.23 Å². The van der Waals surface area contributed by atoms with Gasteiger partial charge in [-0.1, -0.05) is 6.58 Å². The van der Waals surface area contributed by atoms with Crippen molar-refractivity contribution in [2.45, 2.75) is 25.2 Å². The molecule has 1 aliphatic rings. The number of aliphatic hydroxyl groups excluding tert-OH is 1. The van der Waals surface area contributed by atoms with E-state index in [4.69, 9.17) is 9.84 Å². The molecule has 0 spiro atoms. The van der Waals surface area contributed by atoms with E-state index in [0.717, 1.165) is 12.8 Å². The zero-order valence-corrected chi connectivity index (χ0v) is 5.92. The molecule has 0 radical (unpaired) electrons. The van der Waals surface area contributed by atoms with Crippen LogP contribution in [0.4, 0.5) is 0 Å². The Balaban J connectivity index is 2.21. The van der Waals surface area contributed by atoms with Crippen molar-refractivity contribution in [3.05, 3.63) is 12.8 Å². The maximum Gasteiger partial charge on any atom is 0.127 e. The van der Waals surface area contributed by atoms with Crippen LogP contribution in [-0.2, 0) is 4.74 Å². The quantitative estimate of drug-likeness (QED) is 0.593. The SMILES string of the molecule is C=CNC1CCC(CO)O1. The van der Waals surface area contributed by atoms with E-state index in [9.17, 15) is 0 Å². The molecule has 0 aromatic rings. The van der Waals surface area contributed by atoms with Crippen LogP contribution in [0.3, 0.4) is 0 Å². The zero-order chi connectivity index (χ0) is 7.40. The molecule has 1 heterocycles. The number of aliphatic hydroxyl groups is 1. The highest BCUT2D eigenvalue weighted by atomic mass is 16.5. The second-order valence-corrected chi connectivity index (χ2v) is 2.38. The molecule has 0 aromatic carbocycles. The van der Waals surface area contributed by atoms with Gasteiger partial charge in [0.15, 0.2) is 0 Å². The Morgan fingerprint density at radius 1 is 1.70 bits per heavy atom. The van der Waals surface area contributed by atoms with Crippen LogP contribution in [0.5, 0.6) is 0 Å². The molecule has 3 nitrogen and oxygen atoms in total. The van der Waals surface area contributed by atoms with E-state index in [1.54, 1.807) is 6.20 Å². The number of hydrogen-bond donors (Lipinski definition) is 2. The van der Waals surface area contributed by atoms with Gasteiger partial charge in [-0.05, 0) is 19.0 Å². The van der Waals surface area contributed by atoms with E-state index in [2.05, 4.69) is 11.9 Å². The van der Waals surface area contributed by atoms with E-state index in [1.165, 1.54) is 0 Å². The molecule has 2 N–H and O–H groups in total. The van der Waals surface area contributed by atoms with Crippen LogP contribution in [0.1, 0.15) is 12.8 Å². The number of hydrogen-bond acceptors (Lipinski definition) is 3. The molecular weight excluding hydrogens is 130 g/mol. The van der Waals surface area contributed by atoms with Gasteiger partial charge in [0.2, 0.25) is 0 Å². The normalized spacial score (nSPS) is 32.1. The van der Waals surface area contributed by atoms with E-state index in [1.807, 2.05) is 0 Å². The summed E-state index contributed by atoms with van der Waals surface area (Å²) in [6.07, 6.45) is 3.59. The van der Waals surface area contributed by atoms with E-state index < -0.39 is 0 Å². The molecule has 0 saturated carbocycles. The van der Waals surface area contributed by atoms with Crippen LogP contribution in [0, 0.1) is 0 Å². The Kier molecular flexibility index (Phi) is 2.71. The lowest BCUT2D eigenvalue weighted by Gasteiger charge is -2.10. The smallest absolute Gasteiger partial charge is 0.127 e. The molecule has 2 atom stereocenters. The predicted molar refractivity (Wildman–Crippen MR) is 38.3 cm³/mol. The summed E-state index contributed by atoms with van der Waals surface area (Å²) in [5.41, 5.74) is 0. The van der Waals surface area contributed by atoms with Crippen LogP contribution in [0.2, 0.25) is 0 Å². The largest absolute Gasteiger partial charge is 0.394 e. The van der Waals surface area contributed by atoms with Crippen LogP contribution in [0.25, 0.3) is 0 Å². The Morgan fingerprint density at radius 3 is 3.00 bits per heavy atom. The van der Waals surface area contributed by atoms with Gasteiger partial charge in [0, 0.05) is 0 Å². The Labute approximate surface area is 60.7 Å². The van der Waals surface area contributed by atoms with Gasteiger partial charge >= 0.3 is 0 Å². The maximum absolute atomic E-state index is 8.67. The Morgan fingerprint density at radius 2 is 2.50 bits per heavy atom. The van der Waals surface area contributed by atoms with Gasteiger partial charge in [0.25, 0.3) is 0 Å². The van der Waals surface area contributed by atoms with Crippen LogP contribution >= 0.6 is 0 Å². The van der Waals surface area contributed by atoms with E-state index >= 15 is 0 Å². The van der Waals surface area contributed by atoms with Crippen LogP contribution in [-0.4, -0.2) is 24.0 Å². The molecule has 1 aliphatic heterocycles. The third-order valence-electron chi connectivity index (χ3n) is 1.61. The minimum Gasteiger partial charge on any atom is -0.394 e. The number of rotatable bonds is 3. The zero-order valence-electron chi connectivity index (χ0n) is 5.92. The first-order valence-electron chi connectivity index (χ1n) is 3.50. The van der Waals surface area contributed by atoms with Gasteiger partial charge in [-0.3, -0.25) is 0 Å². The molecule has 0 amide bonds. The summed E-state index contributed by atoms with van der Waals surface area (Å²) in [6.45, 7) is 3.64. The Hall–Kier alpha value is -0.540. The third-order valence-corrected chi connectivity index (χ3v) is 1.61. The maximum atomic E-state index is 8.67. The molecule has 58 valence electrons. The van der Waals surface area contributed by atoms with Gasteiger partial charge < -0.3 is 15.2 Å². The molecule has 3 heteroatoms. The summed E-state index contributed by atoms with van der Waals surface area (Å²) in [4.78, 5) is 0. The summed E-state index contributed by atoms with van der Waals surface area (Å²) in [6, 6.07) is 0. The second kappa shape index (κ2) is 3.58. The fourth-order valence-corrected chi connectivity index (χ4v) is 1.09. The Bertz CT molecular complexity index is 116. The average Bonchev–Trinajstić information content (AvgIpc) is 2.37. The van der Waals surface area contributed by atoms with Crippen molar-refractivity contribution >= 4 is 0 Å². The van der Waals surface area contributed by atoms with Crippen molar-refractivity contribution in [3.63, 3.8) is 0 Å². The first-order chi connectivity index (χ1) is 4.86. The molecular formula is C7H13NO2.